The minimum atomic E-state index is 0.775. The number of nitrogens with zero attached hydrogens (tertiary/aromatic N) is 5. The Morgan fingerprint density at radius 3 is 2.34 bits per heavy atom. The van der Waals surface area contributed by atoms with Crippen LogP contribution in [0.3, 0.4) is 0 Å². The molecule has 7 heteroatoms. The fourth-order valence-corrected chi connectivity index (χ4v) is 4.30. The van der Waals surface area contributed by atoms with Crippen LogP contribution in [0.5, 0.6) is 0 Å². The second-order valence-electron chi connectivity index (χ2n) is 8.73. The lowest BCUT2D eigenvalue weighted by atomic mass is 10.2. The number of aromatic nitrogens is 2. The number of rotatable bonds is 9. The summed E-state index contributed by atoms with van der Waals surface area (Å²) in [5.74, 6) is 1.83. The van der Waals surface area contributed by atoms with Gasteiger partial charge in [-0.1, -0.05) is 41.9 Å². The summed E-state index contributed by atoms with van der Waals surface area (Å²) in [5, 5.41) is 5.48. The first-order chi connectivity index (χ1) is 15.6. The molecule has 1 aromatic heterocycles. The van der Waals surface area contributed by atoms with Gasteiger partial charge in [-0.05, 0) is 50.8 Å². The Labute approximate surface area is 196 Å². The molecule has 1 aliphatic heterocycles. The number of benzene rings is 2. The summed E-state index contributed by atoms with van der Waals surface area (Å²) in [6.45, 7) is 7.69. The summed E-state index contributed by atoms with van der Waals surface area (Å²) in [6, 6.07) is 16.4. The Balaban J connectivity index is 1.37. The summed E-state index contributed by atoms with van der Waals surface area (Å²) < 4.78 is 0. The van der Waals surface area contributed by atoms with Gasteiger partial charge in [0.1, 0.15) is 11.6 Å². The second-order valence-corrected chi connectivity index (χ2v) is 9.14. The molecule has 3 aromatic rings. The minimum absolute atomic E-state index is 0.775. The van der Waals surface area contributed by atoms with Crippen molar-refractivity contribution in [3.8, 4) is 0 Å². The van der Waals surface area contributed by atoms with E-state index in [1.54, 1.807) is 0 Å². The van der Waals surface area contributed by atoms with E-state index in [2.05, 4.69) is 64.4 Å². The van der Waals surface area contributed by atoms with Crippen LogP contribution in [0.1, 0.15) is 17.8 Å². The number of hydrogen-bond donors (Lipinski definition) is 1. The predicted molar refractivity (Wildman–Crippen MR) is 133 cm³/mol. The molecule has 0 saturated carbocycles. The van der Waals surface area contributed by atoms with Gasteiger partial charge in [-0.2, -0.15) is 0 Å². The van der Waals surface area contributed by atoms with Crippen LogP contribution in [-0.4, -0.2) is 78.0 Å². The van der Waals surface area contributed by atoms with Gasteiger partial charge in [0.15, 0.2) is 0 Å². The number of nitrogens with one attached hydrogen (secondary N) is 1. The van der Waals surface area contributed by atoms with Crippen LogP contribution in [0.4, 0.5) is 5.82 Å². The van der Waals surface area contributed by atoms with Gasteiger partial charge in [0, 0.05) is 49.7 Å². The molecule has 4 rings (SSSR count). The van der Waals surface area contributed by atoms with E-state index >= 15 is 0 Å². The molecule has 0 amide bonds. The number of anilines is 1. The molecule has 0 aliphatic carbocycles. The first kappa shape index (κ1) is 22.9. The molecule has 1 fully saturated rings. The third-order valence-electron chi connectivity index (χ3n) is 5.91. The highest BCUT2D eigenvalue weighted by atomic mass is 35.5. The van der Waals surface area contributed by atoms with Gasteiger partial charge in [0.05, 0.1) is 12.1 Å². The SMILES string of the molecule is CN(C)CCCNc1nc(CN2CCN(Cc3ccccc3Cl)CC2)nc2ccccc12. The van der Waals surface area contributed by atoms with E-state index in [9.17, 15) is 0 Å². The number of halogens is 1. The van der Waals surface area contributed by atoms with Crippen LogP contribution in [0.15, 0.2) is 48.5 Å². The molecule has 1 saturated heterocycles. The monoisotopic (exact) mass is 452 g/mol. The molecule has 2 aromatic carbocycles. The van der Waals surface area contributed by atoms with Gasteiger partial charge in [0.25, 0.3) is 0 Å². The van der Waals surface area contributed by atoms with E-state index in [0.29, 0.717) is 0 Å². The molecule has 32 heavy (non-hydrogen) atoms. The predicted octanol–water partition coefficient (Wildman–Crippen LogP) is 3.96. The number of piperazine rings is 1. The lowest BCUT2D eigenvalue weighted by Crippen LogP contribution is -2.45. The topological polar surface area (TPSA) is 47.5 Å². The van der Waals surface area contributed by atoms with E-state index in [1.807, 2.05) is 18.2 Å². The van der Waals surface area contributed by atoms with E-state index in [4.69, 9.17) is 21.6 Å². The molecule has 0 radical (unpaired) electrons. The van der Waals surface area contributed by atoms with Crippen LogP contribution in [0, 0.1) is 0 Å². The van der Waals surface area contributed by atoms with Crippen molar-refractivity contribution in [1.29, 1.82) is 0 Å². The zero-order valence-corrected chi connectivity index (χ0v) is 19.9. The number of hydrogen-bond acceptors (Lipinski definition) is 6. The van der Waals surface area contributed by atoms with Gasteiger partial charge in [0.2, 0.25) is 0 Å². The Hall–Kier alpha value is -2.25. The van der Waals surface area contributed by atoms with E-state index in [0.717, 1.165) is 86.3 Å². The van der Waals surface area contributed by atoms with Gasteiger partial charge in [-0.25, -0.2) is 9.97 Å². The fraction of sp³-hybridized carbons (Fsp3) is 0.440. The van der Waals surface area contributed by atoms with Crippen molar-refractivity contribution in [3.63, 3.8) is 0 Å². The molecular weight excluding hydrogens is 420 g/mol. The maximum Gasteiger partial charge on any atom is 0.145 e. The molecule has 1 N–H and O–H groups in total. The number of para-hydroxylation sites is 1. The summed E-state index contributed by atoms with van der Waals surface area (Å²) in [7, 11) is 4.21. The molecule has 0 unspecified atom stereocenters. The molecule has 0 bridgehead atoms. The number of fused-ring (bicyclic) bond motifs is 1. The Bertz CT molecular complexity index is 1020. The second kappa shape index (κ2) is 11.1. The summed E-state index contributed by atoms with van der Waals surface area (Å²) in [4.78, 5) is 16.9. The molecular formula is C25H33ClN6. The average molecular weight is 453 g/mol. The molecule has 2 heterocycles. The highest BCUT2D eigenvalue weighted by Crippen LogP contribution is 2.22. The fourth-order valence-electron chi connectivity index (χ4n) is 4.11. The lowest BCUT2D eigenvalue weighted by Gasteiger charge is -2.34. The van der Waals surface area contributed by atoms with Crippen LogP contribution in [0.2, 0.25) is 5.02 Å². The summed E-state index contributed by atoms with van der Waals surface area (Å²) >= 11 is 6.34. The zero-order valence-electron chi connectivity index (χ0n) is 19.1. The van der Waals surface area contributed by atoms with E-state index < -0.39 is 0 Å². The minimum Gasteiger partial charge on any atom is -0.369 e. The smallest absolute Gasteiger partial charge is 0.145 e. The summed E-state index contributed by atoms with van der Waals surface area (Å²) in [5.41, 5.74) is 2.20. The average Bonchev–Trinajstić information content (AvgIpc) is 2.79. The van der Waals surface area contributed by atoms with E-state index in [1.165, 1.54) is 5.56 Å². The van der Waals surface area contributed by atoms with Crippen molar-refractivity contribution in [2.45, 2.75) is 19.5 Å². The highest BCUT2D eigenvalue weighted by molar-refractivity contribution is 6.31. The van der Waals surface area contributed by atoms with Crippen molar-refractivity contribution in [3.05, 3.63) is 64.9 Å². The van der Waals surface area contributed by atoms with Crippen molar-refractivity contribution >= 4 is 28.3 Å². The molecule has 1 aliphatic rings. The zero-order chi connectivity index (χ0) is 22.3. The van der Waals surface area contributed by atoms with E-state index in [-0.39, 0.29) is 0 Å². The van der Waals surface area contributed by atoms with Crippen LogP contribution < -0.4 is 5.32 Å². The molecule has 6 nitrogen and oxygen atoms in total. The van der Waals surface area contributed by atoms with Gasteiger partial charge in [-0.15, -0.1) is 0 Å². The van der Waals surface area contributed by atoms with Crippen LogP contribution in [0.25, 0.3) is 10.9 Å². The third kappa shape index (κ3) is 6.17. The standard InChI is InChI=1S/C25H33ClN6/c1-30(2)13-7-12-27-25-21-9-4-6-11-23(21)28-24(29-25)19-32-16-14-31(15-17-32)18-20-8-3-5-10-22(20)26/h3-6,8-11H,7,12-19H2,1-2H3,(H,27,28,29). The maximum atomic E-state index is 6.34. The Morgan fingerprint density at radius 2 is 1.59 bits per heavy atom. The van der Waals surface area contributed by atoms with Crippen molar-refractivity contribution in [2.24, 2.45) is 0 Å². The highest BCUT2D eigenvalue weighted by Gasteiger charge is 2.19. The quantitative estimate of drug-likeness (QED) is 0.496. The van der Waals surface area contributed by atoms with Crippen molar-refractivity contribution in [2.75, 3.05) is 58.7 Å². The van der Waals surface area contributed by atoms with Gasteiger partial charge >= 0.3 is 0 Å². The van der Waals surface area contributed by atoms with Crippen LogP contribution in [-0.2, 0) is 13.1 Å². The maximum absolute atomic E-state index is 6.34. The third-order valence-corrected chi connectivity index (χ3v) is 6.27. The lowest BCUT2D eigenvalue weighted by molar-refractivity contribution is 0.120. The summed E-state index contributed by atoms with van der Waals surface area (Å²) in [6.07, 6.45) is 1.08. The van der Waals surface area contributed by atoms with Crippen LogP contribution >= 0.6 is 11.6 Å². The van der Waals surface area contributed by atoms with Gasteiger partial charge in [-0.3, -0.25) is 9.80 Å². The van der Waals surface area contributed by atoms with Gasteiger partial charge < -0.3 is 10.2 Å². The molecule has 170 valence electrons. The largest absolute Gasteiger partial charge is 0.369 e. The first-order valence-electron chi connectivity index (χ1n) is 11.4. The molecule has 0 spiro atoms. The Kier molecular flexibility index (Phi) is 7.92. The normalized spacial score (nSPS) is 15.5. The van der Waals surface area contributed by atoms with Crippen molar-refractivity contribution in [1.82, 2.24) is 24.7 Å². The van der Waals surface area contributed by atoms with Crippen molar-refractivity contribution < 1.29 is 0 Å². The molecule has 0 atom stereocenters. The first-order valence-corrected chi connectivity index (χ1v) is 11.8. The Morgan fingerprint density at radius 1 is 0.906 bits per heavy atom.